The van der Waals surface area contributed by atoms with Crippen LogP contribution >= 0.6 is 23.2 Å². The van der Waals surface area contributed by atoms with Crippen LogP contribution in [0.1, 0.15) is 22.8 Å². The van der Waals surface area contributed by atoms with Crippen molar-refractivity contribution in [3.05, 3.63) is 57.6 Å². The summed E-state index contributed by atoms with van der Waals surface area (Å²) in [4.78, 5) is 12.4. The Balaban J connectivity index is 2.27. The first-order valence-corrected chi connectivity index (χ1v) is 7.37. The topological polar surface area (TPSA) is 41.1 Å². The highest BCUT2D eigenvalue weighted by Gasteiger charge is 2.12. The largest absolute Gasteiger partial charge is 0.385 e. The highest BCUT2D eigenvalue weighted by molar-refractivity contribution is 6.42. The van der Waals surface area contributed by atoms with E-state index in [9.17, 15) is 4.79 Å². The summed E-state index contributed by atoms with van der Waals surface area (Å²) in [5.74, 6) is -0.187. The average molecular weight is 323 g/mol. The van der Waals surface area contributed by atoms with Crippen molar-refractivity contribution in [2.24, 2.45) is 0 Å². The summed E-state index contributed by atoms with van der Waals surface area (Å²) < 4.78 is 0. The standard InChI is InChI=1S/C16H16Cl2N2O/c1-3-19-15-7-4-10(2)8-12(15)16(21)20-11-5-6-13(17)14(18)9-11/h4-9,19H,3H2,1-2H3,(H,20,21). The number of rotatable bonds is 4. The van der Waals surface area contributed by atoms with Crippen molar-refractivity contribution in [1.82, 2.24) is 0 Å². The van der Waals surface area contributed by atoms with Gasteiger partial charge in [0.15, 0.2) is 0 Å². The second kappa shape index (κ2) is 6.83. The quantitative estimate of drug-likeness (QED) is 0.832. The molecule has 110 valence electrons. The third-order valence-electron chi connectivity index (χ3n) is 2.96. The van der Waals surface area contributed by atoms with Gasteiger partial charge in [-0.2, -0.15) is 0 Å². The molecular weight excluding hydrogens is 307 g/mol. The summed E-state index contributed by atoms with van der Waals surface area (Å²) >= 11 is 11.8. The number of halogens is 2. The van der Waals surface area contributed by atoms with Crippen molar-refractivity contribution in [3.8, 4) is 0 Å². The molecule has 0 radical (unpaired) electrons. The van der Waals surface area contributed by atoms with E-state index >= 15 is 0 Å². The van der Waals surface area contributed by atoms with Gasteiger partial charge in [0.25, 0.3) is 5.91 Å². The molecule has 0 fully saturated rings. The van der Waals surface area contributed by atoms with Gasteiger partial charge in [-0.1, -0.05) is 34.8 Å². The van der Waals surface area contributed by atoms with Crippen LogP contribution in [0.5, 0.6) is 0 Å². The fraction of sp³-hybridized carbons (Fsp3) is 0.188. The Labute approximate surface area is 134 Å². The average Bonchev–Trinajstić information content (AvgIpc) is 2.45. The molecule has 0 aliphatic rings. The fourth-order valence-electron chi connectivity index (χ4n) is 1.96. The van der Waals surface area contributed by atoms with Crippen LogP contribution < -0.4 is 10.6 Å². The molecule has 0 heterocycles. The third-order valence-corrected chi connectivity index (χ3v) is 3.70. The van der Waals surface area contributed by atoms with Crippen molar-refractivity contribution in [2.45, 2.75) is 13.8 Å². The van der Waals surface area contributed by atoms with Gasteiger partial charge in [0.1, 0.15) is 0 Å². The maximum absolute atomic E-state index is 12.4. The van der Waals surface area contributed by atoms with Gasteiger partial charge in [0, 0.05) is 17.9 Å². The Morgan fingerprint density at radius 3 is 2.52 bits per heavy atom. The maximum atomic E-state index is 12.4. The normalized spacial score (nSPS) is 10.3. The van der Waals surface area contributed by atoms with E-state index in [0.29, 0.717) is 21.3 Å². The number of hydrogen-bond acceptors (Lipinski definition) is 2. The number of anilines is 2. The molecular formula is C16H16Cl2N2O. The Kier molecular flexibility index (Phi) is 5.10. The van der Waals surface area contributed by atoms with E-state index in [1.54, 1.807) is 18.2 Å². The highest BCUT2D eigenvalue weighted by atomic mass is 35.5. The molecule has 21 heavy (non-hydrogen) atoms. The zero-order chi connectivity index (χ0) is 15.4. The van der Waals surface area contributed by atoms with Crippen LogP contribution in [0.2, 0.25) is 10.0 Å². The summed E-state index contributed by atoms with van der Waals surface area (Å²) in [6.45, 7) is 4.68. The molecule has 0 spiro atoms. The lowest BCUT2D eigenvalue weighted by molar-refractivity contribution is 0.102. The lowest BCUT2D eigenvalue weighted by Gasteiger charge is -2.12. The van der Waals surface area contributed by atoms with E-state index < -0.39 is 0 Å². The van der Waals surface area contributed by atoms with Crippen molar-refractivity contribution < 1.29 is 4.79 Å². The van der Waals surface area contributed by atoms with Crippen LogP contribution in [0, 0.1) is 6.92 Å². The lowest BCUT2D eigenvalue weighted by atomic mass is 10.1. The molecule has 0 unspecified atom stereocenters. The highest BCUT2D eigenvalue weighted by Crippen LogP contribution is 2.26. The predicted molar refractivity (Wildman–Crippen MR) is 89.8 cm³/mol. The molecule has 0 aliphatic heterocycles. The number of aryl methyl sites for hydroxylation is 1. The van der Waals surface area contributed by atoms with Gasteiger partial charge in [-0.15, -0.1) is 0 Å². The number of carbonyl (C=O) groups is 1. The summed E-state index contributed by atoms with van der Waals surface area (Å²) in [6.07, 6.45) is 0. The zero-order valence-corrected chi connectivity index (χ0v) is 13.3. The van der Waals surface area contributed by atoms with Crippen LogP contribution in [0.25, 0.3) is 0 Å². The maximum Gasteiger partial charge on any atom is 0.257 e. The first-order chi connectivity index (χ1) is 10.0. The molecule has 2 rings (SSSR count). The SMILES string of the molecule is CCNc1ccc(C)cc1C(=O)Nc1ccc(Cl)c(Cl)c1. The van der Waals surface area contributed by atoms with Crippen molar-refractivity contribution in [1.29, 1.82) is 0 Å². The second-order valence-electron chi connectivity index (χ2n) is 4.66. The van der Waals surface area contributed by atoms with E-state index in [4.69, 9.17) is 23.2 Å². The van der Waals surface area contributed by atoms with E-state index in [1.165, 1.54) is 0 Å². The van der Waals surface area contributed by atoms with Gasteiger partial charge in [0.05, 0.1) is 15.6 Å². The van der Waals surface area contributed by atoms with Gasteiger partial charge in [0.2, 0.25) is 0 Å². The van der Waals surface area contributed by atoms with Crippen LogP contribution in [-0.4, -0.2) is 12.5 Å². The molecule has 3 nitrogen and oxygen atoms in total. The predicted octanol–water partition coefficient (Wildman–Crippen LogP) is 4.99. The van der Waals surface area contributed by atoms with E-state index in [-0.39, 0.29) is 5.91 Å². The first-order valence-electron chi connectivity index (χ1n) is 6.62. The van der Waals surface area contributed by atoms with Gasteiger partial charge in [-0.25, -0.2) is 0 Å². The molecule has 5 heteroatoms. The van der Waals surface area contributed by atoms with Crippen molar-refractivity contribution >= 4 is 40.5 Å². The number of amides is 1. The van der Waals surface area contributed by atoms with E-state index in [0.717, 1.165) is 17.8 Å². The molecule has 0 bridgehead atoms. The lowest BCUT2D eigenvalue weighted by Crippen LogP contribution is -2.15. The number of benzene rings is 2. The van der Waals surface area contributed by atoms with Gasteiger partial charge in [-0.05, 0) is 44.2 Å². The third kappa shape index (κ3) is 3.90. The van der Waals surface area contributed by atoms with E-state index in [2.05, 4.69) is 10.6 Å². The smallest absolute Gasteiger partial charge is 0.257 e. The Hall–Kier alpha value is -1.71. The monoisotopic (exact) mass is 322 g/mol. The van der Waals surface area contributed by atoms with Gasteiger partial charge < -0.3 is 10.6 Å². The van der Waals surface area contributed by atoms with Crippen LogP contribution in [0.15, 0.2) is 36.4 Å². The van der Waals surface area contributed by atoms with Gasteiger partial charge in [-0.3, -0.25) is 4.79 Å². The molecule has 0 atom stereocenters. The summed E-state index contributed by atoms with van der Waals surface area (Å²) in [7, 11) is 0. The minimum absolute atomic E-state index is 0.187. The van der Waals surface area contributed by atoms with E-state index in [1.807, 2.05) is 32.0 Å². The Morgan fingerprint density at radius 1 is 1.10 bits per heavy atom. The number of hydrogen-bond donors (Lipinski definition) is 2. The summed E-state index contributed by atoms with van der Waals surface area (Å²) in [5, 5.41) is 6.88. The van der Waals surface area contributed by atoms with Crippen LogP contribution in [0.4, 0.5) is 11.4 Å². The minimum Gasteiger partial charge on any atom is -0.385 e. The number of carbonyl (C=O) groups excluding carboxylic acids is 1. The first kappa shape index (κ1) is 15.7. The van der Waals surface area contributed by atoms with Crippen LogP contribution in [0.3, 0.4) is 0 Å². The summed E-state index contributed by atoms with van der Waals surface area (Å²) in [5.41, 5.74) is 3.04. The minimum atomic E-state index is -0.187. The Bertz CT molecular complexity index is 671. The molecule has 0 aromatic heterocycles. The second-order valence-corrected chi connectivity index (χ2v) is 5.48. The van der Waals surface area contributed by atoms with Gasteiger partial charge >= 0.3 is 0 Å². The molecule has 2 N–H and O–H groups in total. The zero-order valence-electron chi connectivity index (χ0n) is 11.8. The fourth-order valence-corrected chi connectivity index (χ4v) is 2.26. The molecule has 1 amide bonds. The number of nitrogens with one attached hydrogen (secondary N) is 2. The molecule has 0 saturated heterocycles. The van der Waals surface area contributed by atoms with Crippen LogP contribution in [-0.2, 0) is 0 Å². The molecule has 0 aliphatic carbocycles. The molecule has 2 aromatic rings. The molecule has 0 saturated carbocycles. The van der Waals surface area contributed by atoms with Crippen molar-refractivity contribution in [2.75, 3.05) is 17.2 Å². The summed E-state index contributed by atoms with van der Waals surface area (Å²) in [6, 6.07) is 10.7. The Morgan fingerprint density at radius 2 is 1.86 bits per heavy atom. The molecule has 2 aromatic carbocycles. The van der Waals surface area contributed by atoms with Crippen molar-refractivity contribution in [3.63, 3.8) is 0 Å².